The Kier molecular flexibility index (Phi) is 4.01. The summed E-state index contributed by atoms with van der Waals surface area (Å²) >= 11 is 0. The van der Waals surface area contributed by atoms with Crippen LogP contribution in [0, 0.1) is 18.6 Å². The molecule has 1 fully saturated rings. The molecule has 0 spiro atoms. The SMILES string of the molecule is Cc1ccc2ncc(CN3CC(O)CC3c3cc(F)ccc3F)n2c1. The van der Waals surface area contributed by atoms with Crippen molar-refractivity contribution in [3.05, 3.63) is 71.2 Å². The van der Waals surface area contributed by atoms with Gasteiger partial charge < -0.3 is 9.51 Å². The van der Waals surface area contributed by atoms with E-state index in [4.69, 9.17) is 0 Å². The second kappa shape index (κ2) is 6.20. The predicted molar refractivity (Wildman–Crippen MR) is 90.1 cm³/mol. The number of β-amino-alcohol motifs (C(OH)–C–C–N with tert-alkyl or cyclic N) is 1. The van der Waals surface area contributed by atoms with Crippen molar-refractivity contribution >= 4 is 5.65 Å². The van der Waals surface area contributed by atoms with Crippen LogP contribution in [0.3, 0.4) is 0 Å². The third-order valence-electron chi connectivity index (χ3n) is 4.79. The average Bonchev–Trinajstić information content (AvgIpc) is 3.13. The molecule has 6 heteroatoms. The van der Waals surface area contributed by atoms with E-state index in [1.807, 2.05) is 34.6 Å². The maximum atomic E-state index is 14.2. The molecule has 2 unspecified atom stereocenters. The lowest BCUT2D eigenvalue weighted by Crippen LogP contribution is -2.25. The number of aromatic nitrogens is 2. The highest BCUT2D eigenvalue weighted by Crippen LogP contribution is 2.35. The molecular formula is C19H19F2N3O. The number of likely N-dealkylation sites (tertiary alicyclic amines) is 1. The third kappa shape index (κ3) is 3.03. The number of rotatable bonds is 3. The molecule has 1 N–H and O–H groups in total. The van der Waals surface area contributed by atoms with Gasteiger partial charge in [-0.05, 0) is 43.2 Å². The van der Waals surface area contributed by atoms with E-state index in [0.29, 0.717) is 25.1 Å². The largest absolute Gasteiger partial charge is 0.392 e. The minimum atomic E-state index is -0.561. The number of benzene rings is 1. The Morgan fingerprint density at radius 3 is 2.92 bits per heavy atom. The Morgan fingerprint density at radius 1 is 1.24 bits per heavy atom. The van der Waals surface area contributed by atoms with Gasteiger partial charge in [0.15, 0.2) is 0 Å². The third-order valence-corrected chi connectivity index (χ3v) is 4.79. The van der Waals surface area contributed by atoms with Crippen LogP contribution in [-0.2, 0) is 6.54 Å². The number of pyridine rings is 1. The molecule has 0 bridgehead atoms. The van der Waals surface area contributed by atoms with Crippen molar-refractivity contribution in [1.82, 2.24) is 14.3 Å². The van der Waals surface area contributed by atoms with Crippen LogP contribution < -0.4 is 0 Å². The van der Waals surface area contributed by atoms with Gasteiger partial charge in [-0.3, -0.25) is 4.90 Å². The second-order valence-corrected chi connectivity index (χ2v) is 6.68. The lowest BCUT2D eigenvalue weighted by molar-refractivity contribution is 0.171. The molecule has 130 valence electrons. The van der Waals surface area contributed by atoms with E-state index in [1.54, 1.807) is 6.20 Å². The van der Waals surface area contributed by atoms with E-state index in [9.17, 15) is 13.9 Å². The van der Waals surface area contributed by atoms with Gasteiger partial charge in [0.05, 0.1) is 18.0 Å². The summed E-state index contributed by atoms with van der Waals surface area (Å²) in [5, 5.41) is 10.1. The highest BCUT2D eigenvalue weighted by molar-refractivity contribution is 5.41. The zero-order chi connectivity index (χ0) is 17.6. The predicted octanol–water partition coefficient (Wildman–Crippen LogP) is 3.23. The smallest absolute Gasteiger partial charge is 0.136 e. The van der Waals surface area contributed by atoms with Gasteiger partial charge in [0.1, 0.15) is 17.3 Å². The molecule has 1 saturated heterocycles. The fraction of sp³-hybridized carbons (Fsp3) is 0.316. The molecule has 2 aromatic heterocycles. The number of nitrogens with zero attached hydrogens (tertiary/aromatic N) is 3. The number of fused-ring (bicyclic) bond motifs is 1. The fourth-order valence-corrected chi connectivity index (χ4v) is 3.61. The number of imidazole rings is 1. The maximum absolute atomic E-state index is 14.2. The van der Waals surface area contributed by atoms with Gasteiger partial charge in [-0.15, -0.1) is 0 Å². The van der Waals surface area contributed by atoms with E-state index in [1.165, 1.54) is 6.07 Å². The van der Waals surface area contributed by atoms with Crippen molar-refractivity contribution < 1.29 is 13.9 Å². The van der Waals surface area contributed by atoms with Gasteiger partial charge in [-0.1, -0.05) is 6.07 Å². The van der Waals surface area contributed by atoms with Crippen LogP contribution in [0.25, 0.3) is 5.65 Å². The highest BCUT2D eigenvalue weighted by Gasteiger charge is 2.34. The average molecular weight is 343 g/mol. The molecule has 1 aromatic carbocycles. The summed E-state index contributed by atoms with van der Waals surface area (Å²) in [7, 11) is 0. The van der Waals surface area contributed by atoms with Gasteiger partial charge in [0.25, 0.3) is 0 Å². The van der Waals surface area contributed by atoms with Crippen molar-refractivity contribution in [3.63, 3.8) is 0 Å². The Bertz CT molecular complexity index is 924. The molecule has 0 aliphatic carbocycles. The number of hydrogen-bond acceptors (Lipinski definition) is 3. The number of aliphatic hydroxyl groups is 1. The van der Waals surface area contributed by atoms with Gasteiger partial charge in [-0.25, -0.2) is 13.8 Å². The minimum Gasteiger partial charge on any atom is -0.392 e. The Balaban J connectivity index is 1.68. The van der Waals surface area contributed by atoms with Crippen LogP contribution >= 0.6 is 0 Å². The molecule has 25 heavy (non-hydrogen) atoms. The zero-order valence-electron chi connectivity index (χ0n) is 13.9. The van der Waals surface area contributed by atoms with Gasteiger partial charge in [-0.2, -0.15) is 0 Å². The van der Waals surface area contributed by atoms with Crippen molar-refractivity contribution in [2.75, 3.05) is 6.54 Å². The first-order chi connectivity index (χ1) is 12.0. The summed E-state index contributed by atoms with van der Waals surface area (Å²) in [6.45, 7) is 2.93. The minimum absolute atomic E-state index is 0.293. The first-order valence-corrected chi connectivity index (χ1v) is 8.31. The summed E-state index contributed by atoms with van der Waals surface area (Å²) in [6, 6.07) is 7.07. The quantitative estimate of drug-likeness (QED) is 0.794. The van der Waals surface area contributed by atoms with Crippen LogP contribution in [0.4, 0.5) is 8.78 Å². The van der Waals surface area contributed by atoms with Gasteiger partial charge >= 0.3 is 0 Å². The highest BCUT2D eigenvalue weighted by atomic mass is 19.1. The molecule has 3 aromatic rings. The van der Waals surface area contributed by atoms with Crippen molar-refractivity contribution in [2.45, 2.75) is 32.0 Å². The monoisotopic (exact) mass is 343 g/mol. The molecular weight excluding hydrogens is 324 g/mol. The number of aryl methyl sites for hydroxylation is 1. The Labute approximate surface area is 144 Å². The van der Waals surface area contributed by atoms with E-state index >= 15 is 0 Å². The fourth-order valence-electron chi connectivity index (χ4n) is 3.61. The standard InChI is InChI=1S/C19H19F2N3O/c1-12-2-5-19-22-8-14(24(19)9-12)10-23-11-15(25)7-18(23)16-6-13(20)3-4-17(16)21/h2-6,8-9,15,18,25H,7,10-11H2,1H3. The molecule has 4 nitrogen and oxygen atoms in total. The summed E-state index contributed by atoms with van der Waals surface area (Å²) in [5.74, 6) is -0.914. The van der Waals surface area contributed by atoms with E-state index in [0.717, 1.165) is 29.0 Å². The van der Waals surface area contributed by atoms with E-state index in [2.05, 4.69) is 4.98 Å². The zero-order valence-corrected chi connectivity index (χ0v) is 13.9. The second-order valence-electron chi connectivity index (χ2n) is 6.68. The molecule has 0 amide bonds. The Hall–Kier alpha value is -2.31. The molecule has 2 atom stereocenters. The van der Waals surface area contributed by atoms with Gasteiger partial charge in [0.2, 0.25) is 0 Å². The normalized spacial score (nSPS) is 21.3. The maximum Gasteiger partial charge on any atom is 0.136 e. The summed E-state index contributed by atoms with van der Waals surface area (Å²) in [5.41, 5.74) is 3.20. The van der Waals surface area contributed by atoms with Crippen molar-refractivity contribution in [2.24, 2.45) is 0 Å². The summed E-state index contributed by atoms with van der Waals surface area (Å²) < 4.78 is 29.8. The summed E-state index contributed by atoms with van der Waals surface area (Å²) in [6.07, 6.45) is 3.62. The number of halogens is 2. The lowest BCUT2D eigenvalue weighted by atomic mass is 10.0. The van der Waals surface area contributed by atoms with Crippen LogP contribution in [0.1, 0.15) is 29.3 Å². The molecule has 3 heterocycles. The first kappa shape index (κ1) is 16.2. The number of hydrogen-bond donors (Lipinski definition) is 1. The number of aliphatic hydroxyl groups excluding tert-OH is 1. The molecule has 4 rings (SSSR count). The molecule has 1 aliphatic rings. The first-order valence-electron chi connectivity index (χ1n) is 8.31. The Morgan fingerprint density at radius 2 is 2.08 bits per heavy atom. The topological polar surface area (TPSA) is 40.8 Å². The van der Waals surface area contributed by atoms with E-state index in [-0.39, 0.29) is 6.04 Å². The van der Waals surface area contributed by atoms with Crippen LogP contribution in [0.2, 0.25) is 0 Å². The van der Waals surface area contributed by atoms with E-state index < -0.39 is 17.7 Å². The van der Waals surface area contributed by atoms with Crippen LogP contribution in [0.5, 0.6) is 0 Å². The lowest BCUT2D eigenvalue weighted by Gasteiger charge is -2.24. The van der Waals surface area contributed by atoms with Gasteiger partial charge in [0, 0.05) is 30.9 Å². The molecule has 0 radical (unpaired) electrons. The van der Waals surface area contributed by atoms with Crippen molar-refractivity contribution in [1.29, 1.82) is 0 Å². The van der Waals surface area contributed by atoms with Crippen molar-refractivity contribution in [3.8, 4) is 0 Å². The van der Waals surface area contributed by atoms with Crippen LogP contribution in [0.15, 0.2) is 42.7 Å². The summed E-state index contributed by atoms with van der Waals surface area (Å²) in [4.78, 5) is 6.37. The molecule has 0 saturated carbocycles. The van der Waals surface area contributed by atoms with Crippen LogP contribution in [-0.4, -0.2) is 32.0 Å². The molecule has 1 aliphatic heterocycles.